The normalized spacial score (nSPS) is 21.5. The Labute approximate surface area is 169 Å². The Morgan fingerprint density at radius 2 is 2.39 bits per heavy atom. The number of rotatable bonds is 7. The topological polar surface area (TPSA) is 96.0 Å². The van der Waals surface area contributed by atoms with E-state index in [1.165, 1.54) is 10.5 Å². The van der Waals surface area contributed by atoms with Gasteiger partial charge in [-0.3, -0.25) is 4.72 Å². The highest BCUT2D eigenvalue weighted by Gasteiger charge is 2.28. The summed E-state index contributed by atoms with van der Waals surface area (Å²) in [7, 11) is 0. The molecule has 0 aromatic heterocycles. The van der Waals surface area contributed by atoms with Crippen molar-refractivity contribution in [2.45, 2.75) is 50.0 Å². The molecule has 0 bridgehead atoms. The number of nitrogens with zero attached hydrogens (tertiary/aromatic N) is 1. The van der Waals surface area contributed by atoms with E-state index in [1.807, 2.05) is 26.0 Å². The molecule has 152 valence electrons. The third-order valence-corrected chi connectivity index (χ3v) is 5.13. The Balaban J connectivity index is 1.45. The van der Waals surface area contributed by atoms with Crippen molar-refractivity contribution in [1.82, 2.24) is 20.9 Å². The van der Waals surface area contributed by atoms with Crippen LogP contribution >= 0.6 is 11.9 Å². The Bertz CT molecular complexity index is 740. The summed E-state index contributed by atoms with van der Waals surface area (Å²) in [6.07, 6.45) is 1.64. The van der Waals surface area contributed by atoms with Gasteiger partial charge in [0.2, 0.25) is 0 Å². The van der Waals surface area contributed by atoms with E-state index >= 15 is 0 Å². The zero-order valence-corrected chi connectivity index (χ0v) is 17.0. The molecule has 2 aliphatic heterocycles. The van der Waals surface area contributed by atoms with Crippen molar-refractivity contribution in [3.05, 3.63) is 36.4 Å². The molecule has 0 spiro atoms. The molecular formula is C19H27N5O3S. The summed E-state index contributed by atoms with van der Waals surface area (Å²) in [5.74, 6) is 0.632. The Kier molecular flexibility index (Phi) is 7.32. The molecule has 2 atom stereocenters. The molecule has 9 heteroatoms. The summed E-state index contributed by atoms with van der Waals surface area (Å²) in [6.45, 7) is 9.36. The lowest BCUT2D eigenvalue weighted by Crippen LogP contribution is -2.41. The lowest BCUT2D eigenvalue weighted by atomic mass is 10.2. The van der Waals surface area contributed by atoms with Crippen LogP contribution in [-0.2, 0) is 16.0 Å². The fourth-order valence-corrected chi connectivity index (χ4v) is 3.76. The van der Waals surface area contributed by atoms with Crippen molar-refractivity contribution in [3.8, 4) is 0 Å². The molecule has 2 heterocycles. The third kappa shape index (κ3) is 5.71. The first-order chi connectivity index (χ1) is 13.5. The third-order valence-electron chi connectivity index (χ3n) is 4.24. The highest BCUT2D eigenvalue weighted by Crippen LogP contribution is 2.34. The maximum atomic E-state index is 11.7. The van der Waals surface area contributed by atoms with Gasteiger partial charge >= 0.3 is 6.09 Å². The molecule has 28 heavy (non-hydrogen) atoms. The predicted octanol–water partition coefficient (Wildman–Crippen LogP) is 2.40. The van der Waals surface area contributed by atoms with Crippen LogP contribution in [0.1, 0.15) is 25.8 Å². The largest absolute Gasteiger partial charge is 0.444 e. The maximum absolute atomic E-state index is 11.7. The van der Waals surface area contributed by atoms with Crippen LogP contribution < -0.4 is 20.9 Å². The van der Waals surface area contributed by atoms with Crippen LogP contribution in [-0.4, -0.2) is 43.3 Å². The number of carbonyl (C=O) groups excluding carboxylic acids is 1. The second kappa shape index (κ2) is 9.92. The van der Waals surface area contributed by atoms with E-state index in [2.05, 4.69) is 38.5 Å². The van der Waals surface area contributed by atoms with Crippen molar-refractivity contribution in [2.24, 2.45) is 4.99 Å². The van der Waals surface area contributed by atoms with Crippen LogP contribution in [0.15, 0.2) is 40.7 Å². The molecule has 1 saturated heterocycles. The molecule has 4 N–H and O–H groups in total. The summed E-state index contributed by atoms with van der Waals surface area (Å²) in [5, 5.41) is 2.71. The molecule has 1 fully saturated rings. The fraction of sp³-hybridized carbons (Fsp3) is 0.474. The number of amides is 1. The van der Waals surface area contributed by atoms with Crippen molar-refractivity contribution >= 4 is 29.6 Å². The van der Waals surface area contributed by atoms with Gasteiger partial charge in [-0.2, -0.15) is 0 Å². The van der Waals surface area contributed by atoms with Gasteiger partial charge in [0, 0.05) is 36.0 Å². The molecule has 1 aromatic carbocycles. The average Bonchev–Trinajstić information content (AvgIpc) is 3.29. The molecule has 0 aliphatic carbocycles. The molecule has 3 rings (SSSR count). The van der Waals surface area contributed by atoms with Crippen molar-refractivity contribution < 1.29 is 14.3 Å². The van der Waals surface area contributed by atoms with Gasteiger partial charge in [-0.05, 0) is 44.0 Å². The van der Waals surface area contributed by atoms with Crippen LogP contribution in [0.25, 0.3) is 0 Å². The van der Waals surface area contributed by atoms with Gasteiger partial charge in [0.05, 0.1) is 18.4 Å². The van der Waals surface area contributed by atoms with Gasteiger partial charge in [0.25, 0.3) is 0 Å². The Morgan fingerprint density at radius 3 is 3.18 bits per heavy atom. The number of carbonyl (C=O) groups is 1. The number of benzene rings is 1. The molecule has 2 aliphatic rings. The number of aliphatic imine (C=N–C) groups is 1. The minimum absolute atomic E-state index is 0.0445. The quantitative estimate of drug-likeness (QED) is 0.239. The number of ether oxygens (including phenoxy) is 2. The maximum Gasteiger partial charge on any atom is 0.407 e. The number of hydrazine groups is 1. The van der Waals surface area contributed by atoms with Gasteiger partial charge in [-0.15, -0.1) is 0 Å². The molecule has 1 aromatic rings. The van der Waals surface area contributed by atoms with E-state index in [9.17, 15) is 4.79 Å². The lowest BCUT2D eigenvalue weighted by molar-refractivity contribution is 0.0687. The van der Waals surface area contributed by atoms with Crippen molar-refractivity contribution in [1.29, 1.82) is 0 Å². The van der Waals surface area contributed by atoms with Crippen LogP contribution in [0.5, 0.6) is 0 Å². The van der Waals surface area contributed by atoms with Crippen LogP contribution in [0, 0.1) is 0 Å². The number of hydrogen-bond acceptors (Lipinski definition) is 7. The molecule has 1 amide bonds. The number of nitrogens with one attached hydrogen (secondary N) is 4. The van der Waals surface area contributed by atoms with Gasteiger partial charge < -0.3 is 20.2 Å². The van der Waals surface area contributed by atoms with Crippen LogP contribution in [0.4, 0.5) is 10.5 Å². The molecule has 0 saturated carbocycles. The zero-order valence-electron chi connectivity index (χ0n) is 16.2. The molecular weight excluding hydrogens is 378 g/mol. The average molecular weight is 406 g/mol. The van der Waals surface area contributed by atoms with E-state index in [0.29, 0.717) is 25.4 Å². The summed E-state index contributed by atoms with van der Waals surface area (Å²) in [6, 6.07) is 6.11. The molecule has 0 radical (unpaired) electrons. The van der Waals surface area contributed by atoms with E-state index in [1.54, 1.807) is 18.0 Å². The van der Waals surface area contributed by atoms with E-state index in [-0.39, 0.29) is 18.2 Å². The smallest absolute Gasteiger partial charge is 0.407 e. The SMILES string of the molecule is C=CC(=Nc1cccc2c1CNS2)NNCC1CC(OC(=O)NC(C)C)CO1. The minimum Gasteiger partial charge on any atom is -0.444 e. The lowest BCUT2D eigenvalue weighted by Gasteiger charge is -2.14. The van der Waals surface area contributed by atoms with Crippen LogP contribution in [0.2, 0.25) is 0 Å². The molecule has 8 nitrogen and oxygen atoms in total. The number of fused-ring (bicyclic) bond motifs is 1. The van der Waals surface area contributed by atoms with E-state index < -0.39 is 6.09 Å². The van der Waals surface area contributed by atoms with Crippen molar-refractivity contribution in [3.63, 3.8) is 0 Å². The second-order valence-electron chi connectivity index (χ2n) is 6.90. The van der Waals surface area contributed by atoms with Crippen molar-refractivity contribution in [2.75, 3.05) is 13.2 Å². The summed E-state index contributed by atoms with van der Waals surface area (Å²) >= 11 is 1.62. The highest BCUT2D eigenvalue weighted by atomic mass is 32.2. The summed E-state index contributed by atoms with van der Waals surface area (Å²) in [5.41, 5.74) is 8.30. The zero-order chi connectivity index (χ0) is 19.9. The van der Waals surface area contributed by atoms with E-state index in [4.69, 9.17) is 9.47 Å². The first kappa shape index (κ1) is 20.7. The highest BCUT2D eigenvalue weighted by molar-refractivity contribution is 7.97. The number of amidine groups is 1. The monoisotopic (exact) mass is 405 g/mol. The summed E-state index contributed by atoms with van der Waals surface area (Å²) < 4.78 is 14.3. The first-order valence-electron chi connectivity index (χ1n) is 9.35. The first-order valence-corrected chi connectivity index (χ1v) is 10.2. The summed E-state index contributed by atoms with van der Waals surface area (Å²) in [4.78, 5) is 17.5. The van der Waals surface area contributed by atoms with Gasteiger partial charge in [-0.25, -0.2) is 15.2 Å². The Hall–Kier alpha value is -2.07. The van der Waals surface area contributed by atoms with Gasteiger partial charge in [0.1, 0.15) is 11.9 Å². The van der Waals surface area contributed by atoms with Gasteiger partial charge in [-0.1, -0.05) is 12.6 Å². The number of hydrogen-bond donors (Lipinski definition) is 4. The van der Waals surface area contributed by atoms with Gasteiger partial charge in [0.15, 0.2) is 0 Å². The number of alkyl carbamates (subject to hydrolysis) is 1. The predicted molar refractivity (Wildman–Crippen MR) is 110 cm³/mol. The Morgan fingerprint density at radius 1 is 1.54 bits per heavy atom. The second-order valence-corrected chi connectivity index (χ2v) is 7.83. The fourth-order valence-electron chi connectivity index (χ4n) is 2.95. The minimum atomic E-state index is -0.403. The van der Waals surface area contributed by atoms with Crippen LogP contribution in [0.3, 0.4) is 0 Å². The van der Waals surface area contributed by atoms with E-state index in [0.717, 1.165) is 12.2 Å². The molecule has 2 unspecified atom stereocenters. The standard InChI is InChI=1S/C19H27N5O3S/c1-4-18(23-16-6-5-7-17-15(16)10-21-28-17)24-20-9-13-8-14(11-26-13)27-19(25)22-12(2)3/h4-7,12-14,20-21H,1,8-11H2,2-3H3,(H,22,25)(H,23,24).